The molecule has 2 heterocycles. The summed E-state index contributed by atoms with van der Waals surface area (Å²) in [5.41, 5.74) is 5.88. The molecule has 0 amide bonds. The van der Waals surface area contributed by atoms with E-state index >= 15 is 0 Å². The van der Waals surface area contributed by atoms with Gasteiger partial charge in [0.25, 0.3) is 0 Å². The zero-order valence-electron chi connectivity index (χ0n) is 16.3. The average molecular weight is 390 g/mol. The molecule has 5 heteroatoms. The van der Waals surface area contributed by atoms with Gasteiger partial charge in [-0.2, -0.15) is 0 Å². The number of nitrogens with one attached hydrogen (secondary N) is 1. The third-order valence-electron chi connectivity index (χ3n) is 5.09. The monoisotopic (exact) mass is 389 g/mol. The van der Waals surface area contributed by atoms with Gasteiger partial charge >= 0.3 is 0 Å². The normalized spacial score (nSPS) is 14.2. The lowest BCUT2D eigenvalue weighted by Crippen LogP contribution is -2.25. The highest BCUT2D eigenvalue weighted by Crippen LogP contribution is 2.36. The molecular weight excluding hydrogens is 366 g/mol. The van der Waals surface area contributed by atoms with Gasteiger partial charge in [-0.05, 0) is 38.0 Å². The summed E-state index contributed by atoms with van der Waals surface area (Å²) in [7, 11) is 0. The molecule has 2 aromatic carbocycles. The number of aryl methyl sites for hydroxylation is 3. The second kappa shape index (κ2) is 7.24. The maximum Gasteiger partial charge on any atom is 0.139 e. The first-order valence-corrected chi connectivity index (χ1v) is 10.2. The largest absolute Gasteiger partial charge is 0.510 e. The number of anilines is 1. The van der Waals surface area contributed by atoms with Gasteiger partial charge in [-0.1, -0.05) is 48.9 Å². The van der Waals surface area contributed by atoms with E-state index in [1.165, 1.54) is 22.5 Å². The van der Waals surface area contributed by atoms with Gasteiger partial charge in [0.05, 0.1) is 17.8 Å². The van der Waals surface area contributed by atoms with E-state index in [-0.39, 0.29) is 5.76 Å². The van der Waals surface area contributed by atoms with Crippen molar-refractivity contribution in [3.05, 3.63) is 75.3 Å². The number of benzene rings is 2. The fourth-order valence-corrected chi connectivity index (χ4v) is 4.42. The van der Waals surface area contributed by atoms with Crippen LogP contribution in [0.1, 0.15) is 27.9 Å². The quantitative estimate of drug-likeness (QED) is 0.597. The van der Waals surface area contributed by atoms with Crippen molar-refractivity contribution in [2.24, 2.45) is 0 Å². The Morgan fingerprint density at radius 3 is 2.39 bits per heavy atom. The van der Waals surface area contributed by atoms with Crippen LogP contribution in [-0.2, 0) is 6.42 Å². The van der Waals surface area contributed by atoms with E-state index < -0.39 is 0 Å². The number of thiazole rings is 1. The van der Waals surface area contributed by atoms with E-state index in [0.29, 0.717) is 23.0 Å². The smallest absolute Gasteiger partial charge is 0.139 e. The minimum Gasteiger partial charge on any atom is -0.510 e. The summed E-state index contributed by atoms with van der Waals surface area (Å²) in [6.45, 7) is 6.52. The molecule has 1 aliphatic rings. The fourth-order valence-electron chi connectivity index (χ4n) is 3.42. The van der Waals surface area contributed by atoms with Crippen molar-refractivity contribution in [2.75, 3.05) is 11.4 Å². The summed E-state index contributed by atoms with van der Waals surface area (Å²) in [6.07, 6.45) is 0.979. The number of aliphatic hydroxyl groups excluding tert-OH is 1. The van der Waals surface area contributed by atoms with Gasteiger partial charge in [-0.15, -0.1) is 11.3 Å². The van der Waals surface area contributed by atoms with Crippen LogP contribution in [-0.4, -0.2) is 22.5 Å². The van der Waals surface area contributed by atoms with Gasteiger partial charge in [0.2, 0.25) is 0 Å². The topological polar surface area (TPSA) is 60.2 Å². The van der Waals surface area contributed by atoms with Crippen molar-refractivity contribution in [1.82, 2.24) is 4.98 Å². The number of aliphatic hydroxyl groups is 1. The van der Waals surface area contributed by atoms with E-state index in [4.69, 9.17) is 10.4 Å². The van der Waals surface area contributed by atoms with Crippen LogP contribution in [0.5, 0.6) is 0 Å². The summed E-state index contributed by atoms with van der Waals surface area (Å²) < 4.78 is 0. The van der Waals surface area contributed by atoms with Gasteiger partial charge in [-0.25, -0.2) is 4.98 Å². The molecule has 0 radical (unpaired) electrons. The van der Waals surface area contributed by atoms with Crippen LogP contribution in [0.25, 0.3) is 16.8 Å². The van der Waals surface area contributed by atoms with Crippen molar-refractivity contribution < 1.29 is 5.11 Å². The molecule has 2 N–H and O–H groups in total. The Labute approximate surface area is 169 Å². The first-order chi connectivity index (χ1) is 13.5. The molecule has 1 aromatic heterocycles. The van der Waals surface area contributed by atoms with Crippen molar-refractivity contribution in [3.63, 3.8) is 0 Å². The number of amidine groups is 1. The van der Waals surface area contributed by atoms with E-state index in [9.17, 15) is 5.11 Å². The van der Waals surface area contributed by atoms with Gasteiger partial charge in [0.15, 0.2) is 0 Å². The molecule has 0 spiro atoms. The number of aromatic nitrogens is 1. The van der Waals surface area contributed by atoms with Gasteiger partial charge in [0, 0.05) is 16.1 Å². The molecule has 0 aliphatic carbocycles. The molecule has 0 saturated heterocycles. The SMILES string of the molecule is CCc1ccc(N2CC(O)=C(c3nc(-c4ccc(C)cc4)c(C)s3)C2=N)cc1. The molecule has 142 valence electrons. The fraction of sp³-hybridized carbons (Fsp3) is 0.217. The van der Waals surface area contributed by atoms with Crippen LogP contribution in [0, 0.1) is 19.3 Å². The van der Waals surface area contributed by atoms with Crippen molar-refractivity contribution in [3.8, 4) is 11.3 Å². The third kappa shape index (κ3) is 3.22. The highest BCUT2D eigenvalue weighted by atomic mass is 32.1. The molecular formula is C23H23N3OS. The number of nitrogens with zero attached hydrogens (tertiary/aromatic N) is 2. The zero-order valence-corrected chi connectivity index (χ0v) is 17.1. The predicted molar refractivity (Wildman–Crippen MR) is 117 cm³/mol. The molecule has 0 bridgehead atoms. The number of hydrogen-bond acceptors (Lipinski definition) is 4. The van der Waals surface area contributed by atoms with Crippen molar-refractivity contribution in [2.45, 2.75) is 27.2 Å². The van der Waals surface area contributed by atoms with Gasteiger partial charge in [0.1, 0.15) is 16.6 Å². The molecule has 0 saturated carbocycles. The molecule has 0 atom stereocenters. The van der Waals surface area contributed by atoms with Crippen LogP contribution >= 0.6 is 11.3 Å². The van der Waals surface area contributed by atoms with E-state index in [2.05, 4.69) is 50.2 Å². The minimum absolute atomic E-state index is 0.203. The highest BCUT2D eigenvalue weighted by Gasteiger charge is 2.31. The number of hydrogen-bond donors (Lipinski definition) is 2. The summed E-state index contributed by atoms with van der Waals surface area (Å²) in [4.78, 5) is 7.69. The van der Waals surface area contributed by atoms with Crippen LogP contribution in [0.3, 0.4) is 0 Å². The Bertz CT molecular complexity index is 1060. The van der Waals surface area contributed by atoms with Crippen molar-refractivity contribution in [1.29, 1.82) is 5.41 Å². The summed E-state index contributed by atoms with van der Waals surface area (Å²) in [5, 5.41) is 20.0. The lowest BCUT2D eigenvalue weighted by Gasteiger charge is -2.18. The lowest BCUT2D eigenvalue weighted by molar-refractivity contribution is 0.411. The Balaban J connectivity index is 1.65. The van der Waals surface area contributed by atoms with E-state index in [1.54, 1.807) is 0 Å². The van der Waals surface area contributed by atoms with Crippen molar-refractivity contribution >= 4 is 28.4 Å². The van der Waals surface area contributed by atoms with Crippen LogP contribution < -0.4 is 4.90 Å². The second-order valence-electron chi connectivity index (χ2n) is 7.07. The molecule has 4 rings (SSSR count). The van der Waals surface area contributed by atoms with Crippen LogP contribution in [0.4, 0.5) is 5.69 Å². The highest BCUT2D eigenvalue weighted by molar-refractivity contribution is 7.13. The average Bonchev–Trinajstić information content (AvgIpc) is 3.21. The maximum absolute atomic E-state index is 10.6. The first-order valence-electron chi connectivity index (χ1n) is 9.40. The summed E-state index contributed by atoms with van der Waals surface area (Å²) in [5.74, 6) is 0.500. The second-order valence-corrected chi connectivity index (χ2v) is 8.27. The maximum atomic E-state index is 10.6. The lowest BCUT2D eigenvalue weighted by atomic mass is 10.1. The first kappa shape index (κ1) is 18.4. The standard InChI is InChI=1S/C23H23N3OS/c1-4-16-7-11-18(12-8-16)26-13-19(27)20(22(26)24)23-25-21(15(3)28-23)17-9-5-14(2)6-10-17/h5-12,24,27H,4,13H2,1-3H3. The Morgan fingerprint density at radius 2 is 1.75 bits per heavy atom. The Hall–Kier alpha value is -2.92. The number of rotatable bonds is 4. The Kier molecular flexibility index (Phi) is 4.77. The van der Waals surface area contributed by atoms with E-state index in [1.807, 2.05) is 24.0 Å². The summed E-state index contributed by atoms with van der Waals surface area (Å²) >= 11 is 1.52. The van der Waals surface area contributed by atoms with E-state index in [0.717, 1.165) is 28.2 Å². The Morgan fingerprint density at radius 1 is 1.07 bits per heavy atom. The third-order valence-corrected chi connectivity index (χ3v) is 6.08. The van der Waals surface area contributed by atoms with Crippen LogP contribution in [0.15, 0.2) is 54.3 Å². The van der Waals surface area contributed by atoms with Gasteiger partial charge < -0.3 is 10.0 Å². The molecule has 1 aliphatic heterocycles. The molecule has 28 heavy (non-hydrogen) atoms. The molecule has 3 aromatic rings. The minimum atomic E-state index is 0.203. The van der Waals surface area contributed by atoms with Gasteiger partial charge in [-0.3, -0.25) is 5.41 Å². The molecule has 0 unspecified atom stereocenters. The molecule has 0 fully saturated rings. The zero-order chi connectivity index (χ0) is 19.8. The predicted octanol–water partition coefficient (Wildman–Crippen LogP) is 5.76. The molecule has 4 nitrogen and oxygen atoms in total. The van der Waals surface area contributed by atoms with Crippen LogP contribution in [0.2, 0.25) is 0 Å². The summed E-state index contributed by atoms with van der Waals surface area (Å²) in [6, 6.07) is 16.4.